The lowest BCUT2D eigenvalue weighted by atomic mass is 10.2. The SMILES string of the molecule is COC(=O)c1coc(-c2ccnc(N(C)C(C)=O)c2)n1. The average molecular weight is 275 g/mol. The molecule has 104 valence electrons. The lowest BCUT2D eigenvalue weighted by Crippen LogP contribution is -2.23. The second-order valence-electron chi connectivity index (χ2n) is 4.01. The molecule has 7 nitrogen and oxygen atoms in total. The minimum atomic E-state index is -0.574. The summed E-state index contributed by atoms with van der Waals surface area (Å²) >= 11 is 0. The number of anilines is 1. The van der Waals surface area contributed by atoms with Crippen LogP contribution in [-0.2, 0) is 9.53 Å². The molecule has 0 fully saturated rings. The number of methoxy groups -OCH3 is 1. The van der Waals surface area contributed by atoms with Crippen LogP contribution >= 0.6 is 0 Å². The first kappa shape index (κ1) is 13.7. The Balaban J connectivity index is 2.34. The smallest absolute Gasteiger partial charge is 0.360 e. The fourth-order valence-corrected chi connectivity index (χ4v) is 1.50. The van der Waals surface area contributed by atoms with Gasteiger partial charge in [-0.2, -0.15) is 0 Å². The van der Waals surface area contributed by atoms with E-state index in [0.717, 1.165) is 0 Å². The van der Waals surface area contributed by atoms with E-state index in [0.29, 0.717) is 11.4 Å². The molecule has 2 aromatic heterocycles. The van der Waals surface area contributed by atoms with E-state index in [2.05, 4.69) is 14.7 Å². The molecule has 1 amide bonds. The Hall–Kier alpha value is -2.70. The summed E-state index contributed by atoms with van der Waals surface area (Å²) < 4.78 is 9.78. The second kappa shape index (κ2) is 5.52. The van der Waals surface area contributed by atoms with Crippen LogP contribution in [0.4, 0.5) is 5.82 Å². The molecule has 20 heavy (non-hydrogen) atoms. The van der Waals surface area contributed by atoms with Gasteiger partial charge in [0, 0.05) is 25.7 Å². The number of nitrogens with zero attached hydrogens (tertiary/aromatic N) is 3. The number of esters is 1. The molecule has 7 heteroatoms. The number of rotatable bonds is 3. The number of carbonyl (C=O) groups excluding carboxylic acids is 2. The van der Waals surface area contributed by atoms with E-state index in [1.807, 2.05) is 0 Å². The number of aromatic nitrogens is 2. The molecule has 2 heterocycles. The molecule has 0 saturated carbocycles. The van der Waals surface area contributed by atoms with Crippen molar-refractivity contribution in [2.24, 2.45) is 0 Å². The summed E-state index contributed by atoms with van der Waals surface area (Å²) in [6, 6.07) is 3.32. The van der Waals surface area contributed by atoms with Gasteiger partial charge in [0.15, 0.2) is 5.69 Å². The third-order valence-corrected chi connectivity index (χ3v) is 2.71. The van der Waals surface area contributed by atoms with Crippen LogP contribution in [0.2, 0.25) is 0 Å². The van der Waals surface area contributed by atoms with Gasteiger partial charge in [0.25, 0.3) is 0 Å². The van der Waals surface area contributed by atoms with E-state index < -0.39 is 5.97 Å². The molecule has 2 aromatic rings. The van der Waals surface area contributed by atoms with Gasteiger partial charge in [0.2, 0.25) is 11.8 Å². The Morgan fingerprint density at radius 1 is 1.40 bits per heavy atom. The zero-order valence-corrected chi connectivity index (χ0v) is 11.3. The number of hydrogen-bond acceptors (Lipinski definition) is 6. The molecular weight excluding hydrogens is 262 g/mol. The Morgan fingerprint density at radius 3 is 2.80 bits per heavy atom. The summed E-state index contributed by atoms with van der Waals surface area (Å²) in [4.78, 5) is 32.1. The standard InChI is InChI=1S/C13H13N3O4/c1-8(17)16(2)11-6-9(4-5-14-11)12-15-10(7-20-12)13(18)19-3/h4-7H,1-3H3. The summed E-state index contributed by atoms with van der Waals surface area (Å²) in [6.07, 6.45) is 2.75. The van der Waals surface area contributed by atoms with E-state index in [1.54, 1.807) is 19.2 Å². The highest BCUT2D eigenvalue weighted by Gasteiger charge is 2.15. The van der Waals surface area contributed by atoms with Gasteiger partial charge in [-0.3, -0.25) is 4.79 Å². The highest BCUT2D eigenvalue weighted by Crippen LogP contribution is 2.22. The zero-order chi connectivity index (χ0) is 14.7. The summed E-state index contributed by atoms with van der Waals surface area (Å²) in [5.41, 5.74) is 0.694. The summed E-state index contributed by atoms with van der Waals surface area (Å²) in [5.74, 6) is 0.00579. The Bertz CT molecular complexity index is 651. The van der Waals surface area contributed by atoms with Crippen LogP contribution in [0.15, 0.2) is 29.0 Å². The van der Waals surface area contributed by atoms with Crippen LogP contribution in [0.5, 0.6) is 0 Å². The number of ether oxygens (including phenoxy) is 1. The van der Waals surface area contributed by atoms with Gasteiger partial charge in [0.1, 0.15) is 12.1 Å². The normalized spacial score (nSPS) is 10.2. The molecule has 2 rings (SSSR count). The van der Waals surface area contributed by atoms with Crippen molar-refractivity contribution in [2.75, 3.05) is 19.1 Å². The van der Waals surface area contributed by atoms with Crippen LogP contribution < -0.4 is 4.90 Å². The Labute approximate surface area is 115 Å². The predicted octanol–water partition coefficient (Wildman–Crippen LogP) is 1.51. The van der Waals surface area contributed by atoms with Crippen molar-refractivity contribution in [2.45, 2.75) is 6.92 Å². The molecule has 0 aliphatic carbocycles. The van der Waals surface area contributed by atoms with Crippen LogP contribution in [0.3, 0.4) is 0 Å². The van der Waals surface area contributed by atoms with E-state index in [-0.39, 0.29) is 17.5 Å². The number of amides is 1. The predicted molar refractivity (Wildman–Crippen MR) is 70.2 cm³/mol. The molecule has 0 radical (unpaired) electrons. The van der Waals surface area contributed by atoms with Crippen molar-refractivity contribution in [3.63, 3.8) is 0 Å². The van der Waals surface area contributed by atoms with E-state index in [4.69, 9.17) is 4.42 Å². The number of oxazole rings is 1. The minimum Gasteiger partial charge on any atom is -0.464 e. The van der Waals surface area contributed by atoms with Crippen LogP contribution in [0, 0.1) is 0 Å². The van der Waals surface area contributed by atoms with Crippen molar-refractivity contribution >= 4 is 17.7 Å². The first-order chi connectivity index (χ1) is 9.52. The van der Waals surface area contributed by atoms with E-state index in [1.165, 1.54) is 31.4 Å². The summed E-state index contributed by atoms with van der Waals surface area (Å²) in [5, 5.41) is 0. The zero-order valence-electron chi connectivity index (χ0n) is 11.3. The molecule has 0 bridgehead atoms. The maximum absolute atomic E-state index is 11.3. The first-order valence-corrected chi connectivity index (χ1v) is 5.77. The number of pyridine rings is 1. The number of carbonyl (C=O) groups is 2. The van der Waals surface area contributed by atoms with Crippen LogP contribution in [0.1, 0.15) is 17.4 Å². The Kier molecular flexibility index (Phi) is 3.79. The summed E-state index contributed by atoms with van der Waals surface area (Å²) in [7, 11) is 2.88. The van der Waals surface area contributed by atoms with Gasteiger partial charge in [0.05, 0.1) is 7.11 Å². The van der Waals surface area contributed by atoms with Crippen LogP contribution in [0.25, 0.3) is 11.5 Å². The van der Waals surface area contributed by atoms with E-state index in [9.17, 15) is 9.59 Å². The third kappa shape index (κ3) is 2.66. The molecule has 0 aliphatic rings. The monoisotopic (exact) mass is 275 g/mol. The fourth-order valence-electron chi connectivity index (χ4n) is 1.50. The topological polar surface area (TPSA) is 85.5 Å². The minimum absolute atomic E-state index is 0.0841. The lowest BCUT2D eigenvalue weighted by molar-refractivity contribution is -0.116. The largest absolute Gasteiger partial charge is 0.464 e. The van der Waals surface area contributed by atoms with Crippen molar-refractivity contribution in [1.29, 1.82) is 0 Å². The molecule has 0 aromatic carbocycles. The molecule has 0 atom stereocenters. The quantitative estimate of drug-likeness (QED) is 0.789. The fraction of sp³-hybridized carbons (Fsp3) is 0.231. The molecule has 0 unspecified atom stereocenters. The average Bonchev–Trinajstić information content (AvgIpc) is 2.95. The van der Waals surface area contributed by atoms with Gasteiger partial charge >= 0.3 is 5.97 Å². The van der Waals surface area contributed by atoms with Crippen molar-refractivity contribution in [3.8, 4) is 11.5 Å². The highest BCUT2D eigenvalue weighted by molar-refractivity contribution is 5.90. The summed E-state index contributed by atoms with van der Waals surface area (Å²) in [6.45, 7) is 1.44. The van der Waals surface area contributed by atoms with Gasteiger partial charge in [-0.25, -0.2) is 14.8 Å². The number of hydrogen-bond donors (Lipinski definition) is 0. The Morgan fingerprint density at radius 2 is 2.15 bits per heavy atom. The van der Waals surface area contributed by atoms with E-state index >= 15 is 0 Å². The second-order valence-corrected chi connectivity index (χ2v) is 4.01. The molecule has 0 spiro atoms. The molecule has 0 N–H and O–H groups in total. The van der Waals surface area contributed by atoms with Gasteiger partial charge in [-0.1, -0.05) is 0 Å². The van der Waals surface area contributed by atoms with Crippen molar-refractivity contribution in [1.82, 2.24) is 9.97 Å². The maximum atomic E-state index is 11.3. The molecule has 0 saturated heterocycles. The van der Waals surface area contributed by atoms with Crippen molar-refractivity contribution in [3.05, 3.63) is 30.3 Å². The highest BCUT2D eigenvalue weighted by atomic mass is 16.5. The first-order valence-electron chi connectivity index (χ1n) is 5.77. The third-order valence-electron chi connectivity index (χ3n) is 2.71. The maximum Gasteiger partial charge on any atom is 0.360 e. The van der Waals surface area contributed by atoms with Crippen LogP contribution in [-0.4, -0.2) is 36.0 Å². The van der Waals surface area contributed by atoms with Crippen molar-refractivity contribution < 1.29 is 18.7 Å². The van der Waals surface area contributed by atoms with Gasteiger partial charge in [-0.05, 0) is 12.1 Å². The van der Waals surface area contributed by atoms with Gasteiger partial charge < -0.3 is 14.1 Å². The van der Waals surface area contributed by atoms with Gasteiger partial charge in [-0.15, -0.1) is 0 Å². The molecular formula is C13H13N3O4. The lowest BCUT2D eigenvalue weighted by Gasteiger charge is -2.13. The molecule has 0 aliphatic heterocycles.